The summed E-state index contributed by atoms with van der Waals surface area (Å²) in [4.78, 5) is 11.0. The molecular formula is C10H16Br2N2O2. The van der Waals surface area contributed by atoms with Gasteiger partial charge in [-0.15, -0.1) is 17.0 Å². The van der Waals surface area contributed by atoms with Crippen LogP contribution in [0.5, 0.6) is 0 Å². The Bertz CT molecular complexity index is 364. The summed E-state index contributed by atoms with van der Waals surface area (Å²) in [6, 6.07) is 0. The SMILES string of the molecule is Br.CCCCc1nn(CC)c(C(=O)O)c1Br. The molecule has 0 bridgehead atoms. The average Bonchev–Trinajstić information content (AvgIpc) is 2.52. The molecule has 0 aliphatic heterocycles. The molecule has 4 nitrogen and oxygen atoms in total. The third-order valence-electron chi connectivity index (χ3n) is 2.23. The number of aryl methyl sites for hydroxylation is 2. The van der Waals surface area contributed by atoms with Crippen LogP contribution in [0.15, 0.2) is 4.47 Å². The second kappa shape index (κ2) is 7.06. The predicted molar refractivity (Wildman–Crippen MR) is 71.5 cm³/mol. The average molecular weight is 356 g/mol. The number of nitrogens with zero attached hydrogens (tertiary/aromatic N) is 2. The smallest absolute Gasteiger partial charge is 0.355 e. The number of halogens is 2. The highest BCUT2D eigenvalue weighted by atomic mass is 79.9. The van der Waals surface area contributed by atoms with Crippen LogP contribution in [-0.2, 0) is 13.0 Å². The third-order valence-corrected chi connectivity index (χ3v) is 3.06. The molecule has 1 aromatic heterocycles. The number of hydrogen-bond donors (Lipinski definition) is 1. The van der Waals surface area contributed by atoms with Gasteiger partial charge in [-0.1, -0.05) is 13.3 Å². The molecule has 1 heterocycles. The number of aromatic nitrogens is 2. The maximum Gasteiger partial charge on any atom is 0.355 e. The Morgan fingerprint density at radius 2 is 2.12 bits per heavy atom. The molecule has 16 heavy (non-hydrogen) atoms. The first-order valence-electron chi connectivity index (χ1n) is 5.10. The van der Waals surface area contributed by atoms with Crippen LogP contribution in [0.3, 0.4) is 0 Å². The van der Waals surface area contributed by atoms with E-state index in [1.165, 1.54) is 4.68 Å². The zero-order valence-corrected chi connectivity index (χ0v) is 12.7. The van der Waals surface area contributed by atoms with Gasteiger partial charge in [0, 0.05) is 6.54 Å². The van der Waals surface area contributed by atoms with Crippen LogP contribution < -0.4 is 0 Å². The molecule has 0 radical (unpaired) electrons. The number of carboxylic acid groups (broad SMARTS) is 1. The van der Waals surface area contributed by atoms with Crippen molar-refractivity contribution < 1.29 is 9.90 Å². The van der Waals surface area contributed by atoms with Gasteiger partial charge < -0.3 is 5.11 Å². The lowest BCUT2D eigenvalue weighted by Crippen LogP contribution is -2.08. The van der Waals surface area contributed by atoms with Crippen LogP contribution in [0.4, 0.5) is 0 Å². The molecule has 0 aliphatic rings. The maximum atomic E-state index is 11.0. The summed E-state index contributed by atoms with van der Waals surface area (Å²) >= 11 is 3.31. The summed E-state index contributed by atoms with van der Waals surface area (Å²) in [7, 11) is 0. The molecular weight excluding hydrogens is 340 g/mol. The fourth-order valence-corrected chi connectivity index (χ4v) is 2.08. The van der Waals surface area contributed by atoms with Gasteiger partial charge >= 0.3 is 5.97 Å². The standard InChI is InChI=1S/C10H15BrN2O2.BrH/c1-3-5-6-7-8(11)9(10(14)15)13(4-2)12-7;/h3-6H2,1-2H3,(H,14,15);1H. The van der Waals surface area contributed by atoms with E-state index in [4.69, 9.17) is 5.11 Å². The van der Waals surface area contributed by atoms with Crippen LogP contribution in [-0.4, -0.2) is 20.9 Å². The van der Waals surface area contributed by atoms with E-state index < -0.39 is 5.97 Å². The van der Waals surface area contributed by atoms with Gasteiger partial charge in [-0.05, 0) is 35.7 Å². The molecule has 0 atom stereocenters. The number of unbranched alkanes of at least 4 members (excludes halogenated alkanes) is 1. The van der Waals surface area contributed by atoms with E-state index in [9.17, 15) is 4.79 Å². The molecule has 0 spiro atoms. The molecule has 1 rings (SSSR count). The predicted octanol–water partition coefficient (Wildman–Crippen LogP) is 3.28. The Morgan fingerprint density at radius 1 is 1.50 bits per heavy atom. The highest BCUT2D eigenvalue weighted by Gasteiger charge is 2.19. The molecule has 0 saturated carbocycles. The van der Waals surface area contributed by atoms with Crippen molar-refractivity contribution in [1.29, 1.82) is 0 Å². The van der Waals surface area contributed by atoms with Crippen LogP contribution in [0.25, 0.3) is 0 Å². The number of hydrogen-bond acceptors (Lipinski definition) is 2. The first-order valence-corrected chi connectivity index (χ1v) is 5.89. The van der Waals surface area contributed by atoms with E-state index in [1.807, 2.05) is 6.92 Å². The molecule has 0 saturated heterocycles. The monoisotopic (exact) mass is 354 g/mol. The van der Waals surface area contributed by atoms with E-state index in [-0.39, 0.29) is 22.7 Å². The lowest BCUT2D eigenvalue weighted by Gasteiger charge is -1.98. The zero-order valence-electron chi connectivity index (χ0n) is 9.36. The van der Waals surface area contributed by atoms with E-state index in [2.05, 4.69) is 28.0 Å². The second-order valence-electron chi connectivity index (χ2n) is 3.33. The molecule has 0 amide bonds. The lowest BCUT2D eigenvalue weighted by molar-refractivity contribution is 0.0682. The van der Waals surface area contributed by atoms with E-state index in [0.29, 0.717) is 11.0 Å². The van der Waals surface area contributed by atoms with Gasteiger partial charge in [0.05, 0.1) is 10.2 Å². The summed E-state index contributed by atoms with van der Waals surface area (Å²) in [5, 5.41) is 13.3. The molecule has 0 unspecified atom stereocenters. The fraction of sp³-hybridized carbons (Fsp3) is 0.600. The van der Waals surface area contributed by atoms with E-state index in [1.54, 1.807) is 0 Å². The number of carboxylic acids is 1. The van der Waals surface area contributed by atoms with Gasteiger partial charge in [0.1, 0.15) is 0 Å². The second-order valence-corrected chi connectivity index (χ2v) is 4.13. The Morgan fingerprint density at radius 3 is 2.50 bits per heavy atom. The van der Waals surface area contributed by atoms with Crippen LogP contribution in [0.1, 0.15) is 42.9 Å². The van der Waals surface area contributed by atoms with Gasteiger partial charge in [0.25, 0.3) is 0 Å². The molecule has 1 aromatic rings. The third kappa shape index (κ3) is 3.31. The lowest BCUT2D eigenvalue weighted by atomic mass is 10.2. The number of rotatable bonds is 5. The Balaban J connectivity index is 0.00000225. The maximum absolute atomic E-state index is 11.0. The Labute approximate surface area is 114 Å². The van der Waals surface area contributed by atoms with Crippen molar-refractivity contribution in [3.05, 3.63) is 15.9 Å². The molecule has 0 aromatic carbocycles. The van der Waals surface area contributed by atoms with E-state index in [0.717, 1.165) is 25.0 Å². The Kier molecular flexibility index (Phi) is 6.90. The molecule has 1 N–H and O–H groups in total. The van der Waals surface area contributed by atoms with Crippen molar-refractivity contribution in [2.75, 3.05) is 0 Å². The normalized spacial score (nSPS) is 9.94. The molecule has 92 valence electrons. The van der Waals surface area contributed by atoms with Crippen molar-refractivity contribution in [2.24, 2.45) is 0 Å². The number of carbonyl (C=O) groups is 1. The molecule has 0 fully saturated rings. The minimum absolute atomic E-state index is 0. The van der Waals surface area contributed by atoms with E-state index >= 15 is 0 Å². The largest absolute Gasteiger partial charge is 0.476 e. The molecule has 0 aliphatic carbocycles. The topological polar surface area (TPSA) is 55.1 Å². The van der Waals surface area contributed by atoms with Crippen molar-refractivity contribution in [3.8, 4) is 0 Å². The van der Waals surface area contributed by atoms with Gasteiger partial charge in [-0.3, -0.25) is 4.68 Å². The summed E-state index contributed by atoms with van der Waals surface area (Å²) in [5.74, 6) is -0.932. The fourth-order valence-electron chi connectivity index (χ4n) is 1.43. The van der Waals surface area contributed by atoms with Crippen LogP contribution in [0.2, 0.25) is 0 Å². The summed E-state index contributed by atoms with van der Waals surface area (Å²) < 4.78 is 2.16. The van der Waals surface area contributed by atoms with Gasteiger partial charge in [0.15, 0.2) is 5.69 Å². The molecule has 6 heteroatoms. The zero-order chi connectivity index (χ0) is 11.4. The van der Waals surface area contributed by atoms with Crippen molar-refractivity contribution in [3.63, 3.8) is 0 Å². The number of aromatic carboxylic acids is 1. The minimum atomic E-state index is -0.932. The first kappa shape index (κ1) is 15.6. The Hall–Kier alpha value is -0.360. The summed E-state index contributed by atoms with van der Waals surface area (Å²) in [5.41, 5.74) is 1.10. The van der Waals surface area contributed by atoms with Crippen LogP contribution in [0, 0.1) is 0 Å². The van der Waals surface area contributed by atoms with Crippen molar-refractivity contribution >= 4 is 38.9 Å². The van der Waals surface area contributed by atoms with Crippen LogP contribution >= 0.6 is 32.9 Å². The van der Waals surface area contributed by atoms with Gasteiger partial charge in [0.2, 0.25) is 0 Å². The first-order chi connectivity index (χ1) is 7.11. The van der Waals surface area contributed by atoms with Gasteiger partial charge in [-0.2, -0.15) is 5.10 Å². The highest BCUT2D eigenvalue weighted by molar-refractivity contribution is 9.10. The minimum Gasteiger partial charge on any atom is -0.476 e. The van der Waals surface area contributed by atoms with Crippen molar-refractivity contribution in [2.45, 2.75) is 39.7 Å². The summed E-state index contributed by atoms with van der Waals surface area (Å²) in [6.45, 7) is 4.56. The summed E-state index contributed by atoms with van der Waals surface area (Å²) in [6.07, 6.45) is 2.93. The van der Waals surface area contributed by atoms with Crippen molar-refractivity contribution in [1.82, 2.24) is 9.78 Å². The highest BCUT2D eigenvalue weighted by Crippen LogP contribution is 2.23. The quantitative estimate of drug-likeness (QED) is 0.881. The van der Waals surface area contributed by atoms with Gasteiger partial charge in [-0.25, -0.2) is 4.79 Å².